The minimum Gasteiger partial charge on any atom is -0.479 e. The number of carboxylic acids is 1. The van der Waals surface area contributed by atoms with Crippen molar-refractivity contribution in [1.29, 1.82) is 0 Å². The third-order valence-electron chi connectivity index (χ3n) is 1.27. The zero-order valence-electron chi connectivity index (χ0n) is 6.75. The predicted molar refractivity (Wildman–Crippen MR) is 37.3 cm³/mol. The molecule has 0 heterocycles. The molecular formula is C6H9F2NO4. The van der Waals surface area contributed by atoms with Gasteiger partial charge in [0.25, 0.3) is 5.91 Å². The number of carbonyl (C=O) groups excluding carboxylic acids is 1. The second kappa shape index (κ2) is 4.13. The number of aliphatic hydroxyl groups is 1. The van der Waals surface area contributed by atoms with Crippen LogP contribution in [0.1, 0.15) is 6.92 Å². The summed E-state index contributed by atoms with van der Waals surface area (Å²) in [6, 6.07) is 0. The highest BCUT2D eigenvalue weighted by atomic mass is 19.3. The van der Waals surface area contributed by atoms with E-state index in [-0.39, 0.29) is 0 Å². The molecule has 0 aromatic rings. The average Bonchev–Trinajstić information content (AvgIpc) is 1.99. The van der Waals surface area contributed by atoms with E-state index < -0.39 is 30.4 Å². The molecule has 0 aliphatic carbocycles. The van der Waals surface area contributed by atoms with E-state index in [4.69, 9.17) is 10.2 Å². The molecule has 3 N–H and O–H groups in total. The number of hydrogen-bond donors (Lipinski definition) is 3. The van der Waals surface area contributed by atoms with Crippen LogP contribution in [0.25, 0.3) is 0 Å². The molecule has 13 heavy (non-hydrogen) atoms. The van der Waals surface area contributed by atoms with E-state index in [0.717, 1.165) is 6.92 Å². The van der Waals surface area contributed by atoms with Crippen molar-refractivity contribution in [2.24, 2.45) is 0 Å². The molecule has 0 spiro atoms. The maximum Gasteiger partial charge on any atom is 0.337 e. The highest BCUT2D eigenvalue weighted by molar-refractivity contribution is 5.81. The van der Waals surface area contributed by atoms with Crippen LogP contribution in [-0.4, -0.2) is 40.7 Å². The van der Waals surface area contributed by atoms with E-state index in [9.17, 15) is 18.4 Å². The summed E-state index contributed by atoms with van der Waals surface area (Å²) in [4.78, 5) is 20.5. The maximum atomic E-state index is 11.6. The summed E-state index contributed by atoms with van der Waals surface area (Å²) in [6.07, 6.45) is -3.22. The Morgan fingerprint density at radius 1 is 1.54 bits per heavy atom. The molecule has 0 aromatic heterocycles. The minimum absolute atomic E-state index is 0.758. The van der Waals surface area contributed by atoms with Crippen molar-refractivity contribution in [2.75, 3.05) is 6.54 Å². The second-order valence-electron chi connectivity index (χ2n) is 2.60. The average molecular weight is 197 g/mol. The van der Waals surface area contributed by atoms with Crippen molar-refractivity contribution in [3.8, 4) is 0 Å². The van der Waals surface area contributed by atoms with Crippen LogP contribution in [-0.2, 0) is 9.59 Å². The first-order valence-corrected chi connectivity index (χ1v) is 3.29. The van der Waals surface area contributed by atoms with Gasteiger partial charge in [0.1, 0.15) is 0 Å². The molecule has 0 bridgehead atoms. The number of hydrogen-bond acceptors (Lipinski definition) is 3. The van der Waals surface area contributed by atoms with Crippen molar-refractivity contribution >= 4 is 11.9 Å². The van der Waals surface area contributed by atoms with Gasteiger partial charge in [-0.2, -0.15) is 8.78 Å². The Hall–Kier alpha value is -1.24. The van der Waals surface area contributed by atoms with Gasteiger partial charge in [-0.3, -0.25) is 4.79 Å². The van der Waals surface area contributed by atoms with Gasteiger partial charge < -0.3 is 15.5 Å². The van der Waals surface area contributed by atoms with Crippen LogP contribution < -0.4 is 5.32 Å². The van der Waals surface area contributed by atoms with Crippen LogP contribution in [0.5, 0.6) is 0 Å². The van der Waals surface area contributed by atoms with E-state index in [1.54, 1.807) is 5.32 Å². The molecular weight excluding hydrogens is 188 g/mol. The Morgan fingerprint density at radius 3 is 2.31 bits per heavy atom. The molecule has 1 amide bonds. The number of amides is 1. The normalized spacial score (nSPS) is 15.2. The number of alkyl halides is 2. The Kier molecular flexibility index (Phi) is 3.73. The van der Waals surface area contributed by atoms with Gasteiger partial charge in [-0.05, 0) is 6.92 Å². The molecule has 0 fully saturated rings. The van der Waals surface area contributed by atoms with E-state index in [0.29, 0.717) is 0 Å². The van der Waals surface area contributed by atoms with Crippen LogP contribution in [0.15, 0.2) is 0 Å². The first kappa shape index (κ1) is 11.8. The number of carbonyl (C=O) groups is 2. The standard InChI is InChI=1S/C6H9F2NO4/c1-6(13,5(11)12)2-9-4(10)3(7)8/h3,13H,2H2,1H3,(H,9,10)(H,11,12). The van der Waals surface area contributed by atoms with E-state index >= 15 is 0 Å². The topological polar surface area (TPSA) is 86.6 Å². The van der Waals surface area contributed by atoms with Crippen molar-refractivity contribution in [1.82, 2.24) is 5.32 Å². The van der Waals surface area contributed by atoms with E-state index in [1.807, 2.05) is 0 Å². The van der Waals surface area contributed by atoms with Crippen molar-refractivity contribution in [3.05, 3.63) is 0 Å². The van der Waals surface area contributed by atoms with Crippen molar-refractivity contribution in [2.45, 2.75) is 19.0 Å². The zero-order valence-corrected chi connectivity index (χ0v) is 6.75. The summed E-state index contributed by atoms with van der Waals surface area (Å²) in [5, 5.41) is 18.9. The lowest BCUT2D eigenvalue weighted by atomic mass is 10.1. The highest BCUT2D eigenvalue weighted by Crippen LogP contribution is 2.01. The van der Waals surface area contributed by atoms with Crippen LogP contribution >= 0.6 is 0 Å². The quantitative estimate of drug-likeness (QED) is 0.550. The molecule has 7 heteroatoms. The third kappa shape index (κ3) is 3.79. The molecule has 1 unspecified atom stereocenters. The van der Waals surface area contributed by atoms with Crippen molar-refractivity contribution < 1.29 is 28.6 Å². The fourth-order valence-electron chi connectivity index (χ4n) is 0.412. The lowest BCUT2D eigenvalue weighted by molar-refractivity contribution is -0.156. The highest BCUT2D eigenvalue weighted by Gasteiger charge is 2.31. The molecule has 0 radical (unpaired) electrons. The lowest BCUT2D eigenvalue weighted by Gasteiger charge is -2.17. The second-order valence-corrected chi connectivity index (χ2v) is 2.60. The SMILES string of the molecule is CC(O)(CNC(=O)C(F)F)C(=O)O. The van der Waals surface area contributed by atoms with Gasteiger partial charge in [-0.15, -0.1) is 0 Å². The van der Waals surface area contributed by atoms with Gasteiger partial charge in [-0.25, -0.2) is 4.79 Å². The third-order valence-corrected chi connectivity index (χ3v) is 1.27. The largest absolute Gasteiger partial charge is 0.479 e. The smallest absolute Gasteiger partial charge is 0.337 e. The molecule has 1 atom stereocenters. The zero-order chi connectivity index (χ0) is 10.6. The Labute approximate surface area is 72.4 Å². The lowest BCUT2D eigenvalue weighted by Crippen LogP contribution is -2.47. The van der Waals surface area contributed by atoms with Gasteiger partial charge in [-0.1, -0.05) is 0 Å². The molecule has 0 aliphatic heterocycles. The number of carboxylic acid groups (broad SMARTS) is 1. The Bertz CT molecular complexity index is 217. The van der Waals surface area contributed by atoms with E-state index in [1.165, 1.54) is 0 Å². The number of aliphatic carboxylic acids is 1. The molecule has 76 valence electrons. The monoisotopic (exact) mass is 197 g/mol. The number of rotatable bonds is 4. The summed E-state index contributed by atoms with van der Waals surface area (Å²) < 4.78 is 23.1. The first-order chi connectivity index (χ1) is 5.77. The fraction of sp³-hybridized carbons (Fsp3) is 0.667. The van der Waals surface area contributed by atoms with Crippen LogP contribution in [0, 0.1) is 0 Å². The summed E-state index contributed by atoms with van der Waals surface area (Å²) >= 11 is 0. The summed E-state index contributed by atoms with van der Waals surface area (Å²) in [5.74, 6) is -3.21. The van der Waals surface area contributed by atoms with Gasteiger partial charge in [0.05, 0.1) is 6.54 Å². The van der Waals surface area contributed by atoms with Gasteiger partial charge in [0.15, 0.2) is 5.60 Å². The van der Waals surface area contributed by atoms with Crippen LogP contribution in [0.3, 0.4) is 0 Å². The first-order valence-electron chi connectivity index (χ1n) is 3.29. The molecule has 0 aromatic carbocycles. The summed E-state index contributed by atoms with van der Waals surface area (Å²) in [6.45, 7) is 0.132. The molecule has 5 nitrogen and oxygen atoms in total. The molecule has 0 saturated carbocycles. The summed E-state index contributed by atoms with van der Waals surface area (Å²) in [7, 11) is 0. The fourth-order valence-corrected chi connectivity index (χ4v) is 0.412. The molecule has 0 aliphatic rings. The van der Waals surface area contributed by atoms with E-state index in [2.05, 4.69) is 0 Å². The number of halogens is 2. The van der Waals surface area contributed by atoms with Crippen LogP contribution in [0.4, 0.5) is 8.78 Å². The Morgan fingerprint density at radius 2 is 2.00 bits per heavy atom. The minimum atomic E-state index is -3.22. The molecule has 0 rings (SSSR count). The maximum absolute atomic E-state index is 11.6. The predicted octanol–water partition coefficient (Wildman–Crippen LogP) is -0.797. The summed E-state index contributed by atoms with van der Waals surface area (Å²) in [5.41, 5.74) is -2.23. The van der Waals surface area contributed by atoms with Gasteiger partial charge in [0.2, 0.25) is 0 Å². The molecule has 0 saturated heterocycles. The number of nitrogens with one attached hydrogen (secondary N) is 1. The van der Waals surface area contributed by atoms with Crippen molar-refractivity contribution in [3.63, 3.8) is 0 Å². The Balaban J connectivity index is 4.03. The van der Waals surface area contributed by atoms with Gasteiger partial charge >= 0.3 is 12.4 Å². The van der Waals surface area contributed by atoms with Crippen LogP contribution in [0.2, 0.25) is 0 Å². The van der Waals surface area contributed by atoms with Gasteiger partial charge in [0, 0.05) is 0 Å².